The van der Waals surface area contributed by atoms with E-state index in [9.17, 15) is 9.59 Å². The van der Waals surface area contributed by atoms with Gasteiger partial charge in [-0.2, -0.15) is 0 Å². The van der Waals surface area contributed by atoms with Gasteiger partial charge in [0.1, 0.15) is 11.3 Å². The minimum absolute atomic E-state index is 0.107. The molecule has 2 aromatic rings. The van der Waals surface area contributed by atoms with Gasteiger partial charge in [0.05, 0.1) is 17.5 Å². The minimum Gasteiger partial charge on any atom is -0.480 e. The number of carbonyl (C=O) groups excluding carboxylic acids is 1. The summed E-state index contributed by atoms with van der Waals surface area (Å²) in [5.41, 5.74) is 0.814. The van der Waals surface area contributed by atoms with Crippen molar-refractivity contribution >= 4 is 23.0 Å². The van der Waals surface area contributed by atoms with Crippen molar-refractivity contribution in [2.45, 2.75) is 37.8 Å². The fraction of sp³-hybridized carbons (Fsp3) is 0.320. The van der Waals surface area contributed by atoms with Crippen LogP contribution >= 0.6 is 0 Å². The molecule has 0 amide bonds. The van der Waals surface area contributed by atoms with Gasteiger partial charge in [0.15, 0.2) is 11.4 Å². The number of Topliss-reactive ketones (excluding diaryl/α,β-unsaturated/α-hetero) is 1. The highest BCUT2D eigenvalue weighted by atomic mass is 16.5. The first-order chi connectivity index (χ1) is 14.9. The Bertz CT molecular complexity index is 1230. The first-order valence-electron chi connectivity index (χ1n) is 10.5. The van der Waals surface area contributed by atoms with Crippen molar-refractivity contribution in [3.8, 4) is 5.75 Å². The van der Waals surface area contributed by atoms with E-state index >= 15 is 0 Å². The second-order valence-corrected chi connectivity index (χ2v) is 8.62. The molecule has 3 atom stereocenters. The van der Waals surface area contributed by atoms with E-state index in [1.54, 1.807) is 26.1 Å². The summed E-state index contributed by atoms with van der Waals surface area (Å²) in [6.07, 6.45) is 13.1. The molecule has 3 aliphatic rings. The van der Waals surface area contributed by atoms with E-state index < -0.39 is 17.1 Å². The number of allylic oxidation sites excluding steroid dienone is 2. The number of aliphatic imine (C=N–C) groups is 1. The molecule has 1 aliphatic carbocycles. The predicted molar refractivity (Wildman–Crippen MR) is 120 cm³/mol. The van der Waals surface area contributed by atoms with Crippen molar-refractivity contribution in [2.75, 3.05) is 6.54 Å². The van der Waals surface area contributed by atoms with E-state index in [4.69, 9.17) is 9.15 Å². The number of nitrogens with one attached hydrogen (secondary N) is 1. The zero-order valence-electron chi connectivity index (χ0n) is 17.5. The average molecular weight is 416 g/mol. The van der Waals surface area contributed by atoms with E-state index in [0.717, 1.165) is 11.8 Å². The molecule has 1 aromatic carbocycles. The molecule has 0 radical (unpaired) electrons. The number of benzene rings is 1. The molecule has 2 aliphatic heterocycles. The quantitative estimate of drug-likeness (QED) is 0.608. The van der Waals surface area contributed by atoms with Crippen LogP contribution in [0.25, 0.3) is 11.0 Å². The molecule has 31 heavy (non-hydrogen) atoms. The van der Waals surface area contributed by atoms with Gasteiger partial charge in [-0.25, -0.2) is 4.79 Å². The van der Waals surface area contributed by atoms with Crippen molar-refractivity contribution in [2.24, 2.45) is 10.9 Å². The normalized spacial score (nSPS) is 25.8. The van der Waals surface area contributed by atoms with Gasteiger partial charge in [-0.1, -0.05) is 24.3 Å². The molecule has 1 aromatic heterocycles. The molecule has 5 rings (SSSR count). The highest BCUT2D eigenvalue weighted by Crippen LogP contribution is 2.41. The second-order valence-electron chi connectivity index (χ2n) is 8.62. The molecule has 0 unspecified atom stereocenters. The van der Waals surface area contributed by atoms with Crippen molar-refractivity contribution in [1.82, 2.24) is 5.32 Å². The summed E-state index contributed by atoms with van der Waals surface area (Å²) in [5, 5.41) is 4.14. The van der Waals surface area contributed by atoms with Gasteiger partial charge < -0.3 is 14.5 Å². The van der Waals surface area contributed by atoms with Crippen LogP contribution in [0.1, 0.15) is 31.7 Å². The zero-order chi connectivity index (χ0) is 21.6. The number of hydrogen-bond donors (Lipinski definition) is 1. The lowest BCUT2D eigenvalue weighted by Gasteiger charge is -2.34. The summed E-state index contributed by atoms with van der Waals surface area (Å²) < 4.78 is 11.4. The molecule has 6 nitrogen and oxygen atoms in total. The SMILES string of the molecule is CC1(C)Oc2ccc3ccc(=O)oc3c2[C@H](C=NCCC2=CN[C@@H]3C=CC=C[C@H]23)C1=O. The number of ketones is 1. The fourth-order valence-corrected chi connectivity index (χ4v) is 4.52. The molecular formula is C25H24N2O4. The van der Waals surface area contributed by atoms with E-state index in [1.165, 1.54) is 11.6 Å². The smallest absolute Gasteiger partial charge is 0.336 e. The maximum absolute atomic E-state index is 13.2. The molecule has 0 saturated heterocycles. The van der Waals surface area contributed by atoms with E-state index in [0.29, 0.717) is 35.4 Å². The van der Waals surface area contributed by atoms with Crippen LogP contribution < -0.4 is 15.7 Å². The first-order valence-corrected chi connectivity index (χ1v) is 10.5. The fourth-order valence-electron chi connectivity index (χ4n) is 4.52. The number of ether oxygens (including phenoxy) is 1. The first kappa shape index (κ1) is 19.5. The zero-order valence-corrected chi connectivity index (χ0v) is 17.5. The minimum atomic E-state index is -0.989. The molecule has 1 N–H and O–H groups in total. The van der Waals surface area contributed by atoms with Crippen molar-refractivity contribution in [1.29, 1.82) is 0 Å². The summed E-state index contributed by atoms with van der Waals surface area (Å²) in [5.74, 6) is 0.175. The van der Waals surface area contributed by atoms with Crippen molar-refractivity contribution < 1.29 is 13.9 Å². The predicted octanol–water partition coefficient (Wildman–Crippen LogP) is 3.68. The maximum atomic E-state index is 13.2. The third-order valence-electron chi connectivity index (χ3n) is 6.15. The molecular weight excluding hydrogens is 392 g/mol. The van der Waals surface area contributed by atoms with E-state index in [2.05, 4.69) is 40.8 Å². The summed E-state index contributed by atoms with van der Waals surface area (Å²) in [4.78, 5) is 29.7. The molecule has 158 valence electrons. The standard InChI is InChI=1S/C25H24N2O4/c1-25(2)24(29)18(14-26-12-11-16-13-27-19-6-4-3-5-17(16)19)22-20(31-25)9-7-15-8-10-21(28)30-23(15)22/h3-10,13-14,17-19,27H,11-12H2,1-2H3/t17-,18+,19-/m1/s1. The van der Waals surface area contributed by atoms with Gasteiger partial charge in [-0.05, 0) is 50.2 Å². The molecule has 0 spiro atoms. The van der Waals surface area contributed by atoms with Crippen molar-refractivity contribution in [3.05, 3.63) is 76.3 Å². The van der Waals surface area contributed by atoms with Crippen LogP contribution in [-0.2, 0) is 4.79 Å². The number of nitrogens with zero attached hydrogens (tertiary/aromatic N) is 1. The Labute approximate surface area is 180 Å². The highest BCUT2D eigenvalue weighted by molar-refractivity contribution is 6.09. The Morgan fingerprint density at radius 1 is 1.13 bits per heavy atom. The molecule has 0 saturated carbocycles. The molecule has 6 heteroatoms. The highest BCUT2D eigenvalue weighted by Gasteiger charge is 2.43. The molecule has 3 heterocycles. The lowest BCUT2D eigenvalue weighted by atomic mass is 9.83. The van der Waals surface area contributed by atoms with Crippen LogP contribution in [-0.4, -0.2) is 30.2 Å². The van der Waals surface area contributed by atoms with Crippen LogP contribution in [0, 0.1) is 5.92 Å². The van der Waals surface area contributed by atoms with Crippen LogP contribution in [0.3, 0.4) is 0 Å². The Balaban J connectivity index is 1.43. The lowest BCUT2D eigenvalue weighted by molar-refractivity contribution is -0.133. The van der Waals surface area contributed by atoms with Crippen molar-refractivity contribution in [3.63, 3.8) is 0 Å². The van der Waals surface area contributed by atoms with Gasteiger partial charge in [0.25, 0.3) is 0 Å². The lowest BCUT2D eigenvalue weighted by Crippen LogP contribution is -2.45. The topological polar surface area (TPSA) is 80.9 Å². The Hall–Kier alpha value is -3.41. The van der Waals surface area contributed by atoms with Gasteiger partial charge in [-0.15, -0.1) is 0 Å². The maximum Gasteiger partial charge on any atom is 0.336 e. The number of carbonyl (C=O) groups is 1. The number of rotatable bonds is 4. The summed E-state index contributed by atoms with van der Waals surface area (Å²) >= 11 is 0. The summed E-state index contributed by atoms with van der Waals surface area (Å²) in [6, 6.07) is 7.05. The second kappa shape index (κ2) is 7.38. The van der Waals surface area contributed by atoms with Gasteiger partial charge >= 0.3 is 5.63 Å². The monoisotopic (exact) mass is 416 g/mol. The van der Waals surface area contributed by atoms with Gasteiger partial charge in [0, 0.05) is 30.1 Å². The van der Waals surface area contributed by atoms with E-state index in [1.807, 2.05) is 12.1 Å². The Kier molecular flexibility index (Phi) is 4.65. The van der Waals surface area contributed by atoms with Gasteiger partial charge in [0.2, 0.25) is 0 Å². The average Bonchev–Trinajstić information content (AvgIpc) is 3.16. The number of hydrogen-bond acceptors (Lipinski definition) is 6. The number of fused-ring (bicyclic) bond motifs is 4. The molecule has 0 bridgehead atoms. The Morgan fingerprint density at radius 3 is 2.81 bits per heavy atom. The van der Waals surface area contributed by atoms with Gasteiger partial charge in [-0.3, -0.25) is 9.79 Å². The largest absolute Gasteiger partial charge is 0.480 e. The summed E-state index contributed by atoms with van der Waals surface area (Å²) in [6.45, 7) is 4.08. The van der Waals surface area contributed by atoms with E-state index in [-0.39, 0.29) is 5.78 Å². The van der Waals surface area contributed by atoms with Crippen LogP contribution in [0.5, 0.6) is 5.75 Å². The Morgan fingerprint density at radius 2 is 1.94 bits per heavy atom. The van der Waals surface area contributed by atoms with Crippen LogP contribution in [0.15, 0.2) is 74.5 Å². The third kappa shape index (κ3) is 3.42. The third-order valence-corrected chi connectivity index (χ3v) is 6.15. The van der Waals surface area contributed by atoms with Crippen LogP contribution in [0.2, 0.25) is 0 Å². The summed E-state index contributed by atoms with van der Waals surface area (Å²) in [7, 11) is 0. The molecule has 0 fully saturated rings. The van der Waals surface area contributed by atoms with Crippen LogP contribution in [0.4, 0.5) is 0 Å².